The number of ketones is 1. The van der Waals surface area contributed by atoms with E-state index in [0.29, 0.717) is 12.6 Å². The summed E-state index contributed by atoms with van der Waals surface area (Å²) < 4.78 is 4.84. The van der Waals surface area contributed by atoms with E-state index in [1.54, 1.807) is 6.08 Å². The molecule has 0 aromatic heterocycles. The Balaban J connectivity index is 4.44. The molecule has 0 radical (unpaired) electrons. The molecule has 5 nitrogen and oxygen atoms in total. The molecule has 0 atom stereocenters. The van der Waals surface area contributed by atoms with Crippen molar-refractivity contribution in [2.24, 2.45) is 5.41 Å². The van der Waals surface area contributed by atoms with Crippen LogP contribution in [-0.2, 0) is 14.3 Å². The van der Waals surface area contributed by atoms with Crippen LogP contribution < -0.4 is 0 Å². The van der Waals surface area contributed by atoms with Gasteiger partial charge in [0.25, 0.3) is 5.78 Å². The number of rotatable bonds is 6. The minimum atomic E-state index is -1.33. The van der Waals surface area contributed by atoms with Crippen molar-refractivity contribution >= 4 is 18.0 Å². The predicted molar refractivity (Wildman–Crippen MR) is 54.2 cm³/mol. The van der Waals surface area contributed by atoms with Crippen LogP contribution >= 0.6 is 0 Å². The number of esters is 1. The summed E-state index contributed by atoms with van der Waals surface area (Å²) in [6.45, 7) is 6.48. The van der Waals surface area contributed by atoms with Crippen LogP contribution in [0.3, 0.4) is 0 Å². The molecule has 0 saturated carbocycles. The zero-order chi connectivity index (χ0) is 11.9. The fourth-order valence-electron chi connectivity index (χ4n) is 0.730. The third-order valence-electron chi connectivity index (χ3n) is 1.86. The van der Waals surface area contributed by atoms with Gasteiger partial charge in [-0.3, -0.25) is 9.59 Å². The van der Waals surface area contributed by atoms with E-state index in [-0.39, 0.29) is 6.61 Å². The largest absolute Gasteiger partial charge is 0.465 e. The number of Topliss-reactive ketones (excluding diaryl/α,β-unsaturated/α-hetero) is 1. The van der Waals surface area contributed by atoms with Gasteiger partial charge in [-0.2, -0.15) is 4.79 Å². The lowest BCUT2D eigenvalue weighted by Gasteiger charge is -2.16. The first kappa shape index (κ1) is 13.3. The van der Waals surface area contributed by atoms with Crippen molar-refractivity contribution in [3.05, 3.63) is 18.2 Å². The summed E-state index contributed by atoms with van der Waals surface area (Å²) in [5, 5.41) is 0. The number of hydrogen-bond donors (Lipinski definition) is 0. The minimum Gasteiger partial charge on any atom is -0.465 e. The zero-order valence-electron chi connectivity index (χ0n) is 8.90. The molecule has 0 aliphatic rings. The number of carbonyl (C=O) groups is 2. The Morgan fingerprint density at radius 1 is 1.53 bits per heavy atom. The van der Waals surface area contributed by atoms with E-state index in [1.807, 2.05) is 0 Å². The second-order valence-corrected chi connectivity index (χ2v) is 3.45. The highest BCUT2D eigenvalue weighted by Crippen LogP contribution is 2.17. The number of nitrogens with zero attached hydrogens (tertiary/aromatic N) is 2. The second-order valence-electron chi connectivity index (χ2n) is 3.45. The fraction of sp³-hybridized carbons (Fsp3) is 0.500. The van der Waals surface area contributed by atoms with Crippen molar-refractivity contribution in [3.63, 3.8) is 0 Å². The molecule has 0 amide bonds. The highest BCUT2D eigenvalue weighted by atomic mass is 16.5. The summed E-state index contributed by atoms with van der Waals surface area (Å²) in [5.41, 5.74) is 6.85. The van der Waals surface area contributed by atoms with Crippen LogP contribution in [0.5, 0.6) is 0 Å². The molecule has 0 aliphatic heterocycles. The summed E-state index contributed by atoms with van der Waals surface area (Å²) in [5.74, 6) is -1.25. The van der Waals surface area contributed by atoms with Crippen molar-refractivity contribution in [1.82, 2.24) is 0 Å². The Labute approximate surface area is 88.4 Å². The maximum atomic E-state index is 11.4. The van der Waals surface area contributed by atoms with Gasteiger partial charge in [0.05, 0.1) is 6.61 Å². The second kappa shape index (κ2) is 5.88. The molecular formula is C10H14N2O3. The lowest BCUT2D eigenvalue weighted by molar-refractivity contribution is -0.157. The molecule has 0 unspecified atom stereocenters. The summed E-state index contributed by atoms with van der Waals surface area (Å²) in [6.07, 6.45) is 2.83. The first-order valence-corrected chi connectivity index (χ1v) is 4.46. The van der Waals surface area contributed by atoms with Crippen molar-refractivity contribution in [2.75, 3.05) is 6.61 Å². The molecule has 15 heavy (non-hydrogen) atoms. The highest BCUT2D eigenvalue weighted by Gasteiger charge is 2.38. The smallest absolute Gasteiger partial charge is 0.324 e. The Kier molecular flexibility index (Phi) is 5.20. The lowest BCUT2D eigenvalue weighted by atomic mass is 9.89. The van der Waals surface area contributed by atoms with Gasteiger partial charge in [-0.15, -0.1) is 6.58 Å². The van der Waals surface area contributed by atoms with Crippen molar-refractivity contribution < 1.29 is 19.1 Å². The molecule has 0 spiro atoms. The SMILES string of the molecule is C=CCCOC(=O)C(C)(C)C(=O)C=[N+]=[N-]. The van der Waals surface area contributed by atoms with Crippen LogP contribution in [-0.4, -0.2) is 29.4 Å². The van der Waals surface area contributed by atoms with Crippen LogP contribution in [0.25, 0.3) is 5.53 Å². The molecule has 0 heterocycles. The molecule has 0 bridgehead atoms. The van der Waals surface area contributed by atoms with Crippen molar-refractivity contribution in [3.8, 4) is 0 Å². The standard InChI is InChI=1S/C10H14N2O3/c1-4-5-6-15-9(14)10(2,3)8(13)7-12-11/h4,7H,1,5-6H2,2-3H3. The van der Waals surface area contributed by atoms with Gasteiger partial charge in [0.2, 0.25) is 0 Å². The van der Waals surface area contributed by atoms with E-state index in [4.69, 9.17) is 10.3 Å². The van der Waals surface area contributed by atoms with Gasteiger partial charge < -0.3 is 10.3 Å². The quantitative estimate of drug-likeness (QED) is 0.125. The van der Waals surface area contributed by atoms with E-state index < -0.39 is 17.2 Å². The third kappa shape index (κ3) is 3.87. The van der Waals surface area contributed by atoms with Crippen LogP contribution in [0.4, 0.5) is 0 Å². The highest BCUT2D eigenvalue weighted by molar-refractivity contribution is 6.32. The summed E-state index contributed by atoms with van der Waals surface area (Å²) >= 11 is 0. The van der Waals surface area contributed by atoms with E-state index in [9.17, 15) is 9.59 Å². The van der Waals surface area contributed by atoms with Gasteiger partial charge >= 0.3 is 12.2 Å². The van der Waals surface area contributed by atoms with E-state index >= 15 is 0 Å². The van der Waals surface area contributed by atoms with Crippen molar-refractivity contribution in [2.45, 2.75) is 20.3 Å². The third-order valence-corrected chi connectivity index (χ3v) is 1.86. The maximum Gasteiger partial charge on any atom is 0.324 e. The average Bonchev–Trinajstić information content (AvgIpc) is 2.18. The van der Waals surface area contributed by atoms with Gasteiger partial charge in [0.1, 0.15) is 5.41 Å². The van der Waals surface area contributed by atoms with E-state index in [0.717, 1.165) is 0 Å². The van der Waals surface area contributed by atoms with Crippen LogP contribution in [0, 0.1) is 5.41 Å². The Hall–Kier alpha value is -1.74. The molecule has 0 saturated heterocycles. The Bertz CT molecular complexity index is 315. The van der Waals surface area contributed by atoms with Crippen LogP contribution in [0.2, 0.25) is 0 Å². The van der Waals surface area contributed by atoms with Crippen molar-refractivity contribution in [1.29, 1.82) is 0 Å². The monoisotopic (exact) mass is 210 g/mol. The number of carbonyl (C=O) groups excluding carboxylic acids is 2. The van der Waals surface area contributed by atoms with Gasteiger partial charge in [-0.05, 0) is 20.3 Å². The molecule has 0 aromatic carbocycles. The van der Waals surface area contributed by atoms with Crippen LogP contribution in [0.1, 0.15) is 20.3 Å². The number of hydrogen-bond acceptors (Lipinski definition) is 3. The topological polar surface area (TPSA) is 79.8 Å². The fourth-order valence-corrected chi connectivity index (χ4v) is 0.730. The van der Waals surface area contributed by atoms with Gasteiger partial charge in [0, 0.05) is 0 Å². The van der Waals surface area contributed by atoms with E-state index in [1.165, 1.54) is 13.8 Å². The summed E-state index contributed by atoms with van der Waals surface area (Å²) in [7, 11) is 0. The van der Waals surface area contributed by atoms with Gasteiger partial charge in [-0.1, -0.05) is 6.08 Å². The Morgan fingerprint density at radius 3 is 2.60 bits per heavy atom. The molecule has 0 N–H and O–H groups in total. The first-order chi connectivity index (χ1) is 6.96. The predicted octanol–water partition coefficient (Wildman–Crippen LogP) is 1.00. The zero-order valence-corrected chi connectivity index (χ0v) is 8.90. The molecule has 0 rings (SSSR count). The number of ether oxygens (including phenoxy) is 1. The average molecular weight is 210 g/mol. The molecule has 0 aromatic rings. The summed E-state index contributed by atoms with van der Waals surface area (Å²) in [4.78, 5) is 25.3. The molecule has 82 valence electrons. The molecule has 0 fully saturated rings. The molecule has 5 heteroatoms. The lowest BCUT2D eigenvalue weighted by Crippen LogP contribution is -2.36. The summed E-state index contributed by atoms with van der Waals surface area (Å²) in [6, 6.07) is 0. The van der Waals surface area contributed by atoms with Gasteiger partial charge in [-0.25, -0.2) is 0 Å². The van der Waals surface area contributed by atoms with Gasteiger partial charge in [0.15, 0.2) is 0 Å². The first-order valence-electron chi connectivity index (χ1n) is 4.46. The Morgan fingerprint density at radius 2 is 2.13 bits per heavy atom. The normalized spacial score (nSPS) is 10.0. The van der Waals surface area contributed by atoms with E-state index in [2.05, 4.69) is 11.4 Å². The van der Waals surface area contributed by atoms with Crippen LogP contribution in [0.15, 0.2) is 12.7 Å². The molecule has 0 aliphatic carbocycles. The maximum absolute atomic E-state index is 11.4. The molecular weight excluding hydrogens is 196 g/mol. The minimum absolute atomic E-state index is 0.190.